The molecule has 0 saturated carbocycles. The molecule has 1 amide bonds. The fraction of sp³-hybridized carbons (Fsp3) is 0.167. The topological polar surface area (TPSA) is 69.2 Å². The predicted octanol–water partition coefficient (Wildman–Crippen LogP) is 5.74. The second-order valence-electron chi connectivity index (χ2n) is 6.59. The molecule has 3 aromatic rings. The lowest BCUT2D eigenvalue weighted by Crippen LogP contribution is -2.17. The van der Waals surface area contributed by atoms with Gasteiger partial charge < -0.3 is 14.2 Å². The first-order valence-electron chi connectivity index (χ1n) is 9.81. The Balaban J connectivity index is 1.61. The highest BCUT2D eigenvalue weighted by atomic mass is 35.5. The number of ether oxygens (including phenoxy) is 3. The van der Waals surface area contributed by atoms with Crippen LogP contribution in [-0.4, -0.2) is 25.8 Å². The zero-order valence-electron chi connectivity index (χ0n) is 17.6. The molecule has 0 radical (unpaired) electrons. The average molecular weight is 473 g/mol. The summed E-state index contributed by atoms with van der Waals surface area (Å²) in [5.41, 5.74) is 4.50. The van der Waals surface area contributed by atoms with Gasteiger partial charge in [0, 0.05) is 21.2 Å². The number of hydrogen-bond donors (Lipinski definition) is 1. The van der Waals surface area contributed by atoms with E-state index in [9.17, 15) is 4.79 Å². The Morgan fingerprint density at radius 1 is 1.03 bits per heavy atom. The van der Waals surface area contributed by atoms with E-state index in [1.807, 2.05) is 31.2 Å². The third kappa shape index (κ3) is 6.39. The molecule has 3 rings (SSSR count). The second-order valence-corrected chi connectivity index (χ2v) is 7.44. The van der Waals surface area contributed by atoms with Gasteiger partial charge in [-0.05, 0) is 55.0 Å². The highest BCUT2D eigenvalue weighted by Gasteiger charge is 2.10. The third-order valence-electron chi connectivity index (χ3n) is 4.37. The van der Waals surface area contributed by atoms with Crippen LogP contribution in [0.1, 0.15) is 28.4 Å². The Kier molecular flexibility index (Phi) is 8.36. The number of methoxy groups -OCH3 is 1. The zero-order chi connectivity index (χ0) is 22.9. The SMILES string of the molecule is CCOc1cc(C(=O)N/N=C/c2cccc(OCc3ccc(Cl)cc3Cl)c2)ccc1OC. The van der Waals surface area contributed by atoms with Crippen LogP contribution in [0.2, 0.25) is 10.0 Å². The van der Waals surface area contributed by atoms with Crippen LogP contribution in [0, 0.1) is 0 Å². The maximum absolute atomic E-state index is 12.4. The quantitative estimate of drug-likeness (QED) is 0.318. The van der Waals surface area contributed by atoms with E-state index >= 15 is 0 Å². The Labute approximate surface area is 196 Å². The highest BCUT2D eigenvalue weighted by molar-refractivity contribution is 6.35. The smallest absolute Gasteiger partial charge is 0.271 e. The van der Waals surface area contributed by atoms with Gasteiger partial charge in [-0.2, -0.15) is 5.10 Å². The lowest BCUT2D eigenvalue weighted by Gasteiger charge is -2.10. The molecule has 8 heteroatoms. The standard InChI is InChI=1S/C24H22Cl2N2O4/c1-3-31-23-12-17(8-10-22(23)30-2)24(29)28-27-14-16-5-4-6-20(11-16)32-15-18-7-9-19(25)13-21(18)26/h4-14H,3,15H2,1-2H3,(H,28,29)/b27-14+. The first-order valence-corrected chi connectivity index (χ1v) is 10.6. The van der Waals surface area contributed by atoms with Crippen LogP contribution in [-0.2, 0) is 6.61 Å². The summed E-state index contributed by atoms with van der Waals surface area (Å²) in [6, 6.07) is 17.5. The molecule has 0 aliphatic heterocycles. The van der Waals surface area contributed by atoms with E-state index < -0.39 is 0 Å². The number of rotatable bonds is 9. The Hall–Kier alpha value is -3.22. The Bertz CT molecular complexity index is 1120. The second kappa shape index (κ2) is 11.4. The summed E-state index contributed by atoms with van der Waals surface area (Å²) < 4.78 is 16.5. The lowest BCUT2D eigenvalue weighted by atomic mass is 10.2. The number of nitrogens with one attached hydrogen (secondary N) is 1. The summed E-state index contributed by atoms with van der Waals surface area (Å²) in [6.45, 7) is 2.62. The van der Waals surface area contributed by atoms with Gasteiger partial charge in [0.2, 0.25) is 0 Å². The molecular formula is C24H22Cl2N2O4. The van der Waals surface area contributed by atoms with E-state index in [4.69, 9.17) is 37.4 Å². The van der Waals surface area contributed by atoms with Crippen LogP contribution in [0.4, 0.5) is 0 Å². The largest absolute Gasteiger partial charge is 0.493 e. The van der Waals surface area contributed by atoms with Gasteiger partial charge in [0.25, 0.3) is 5.91 Å². The zero-order valence-corrected chi connectivity index (χ0v) is 19.1. The van der Waals surface area contributed by atoms with E-state index in [-0.39, 0.29) is 5.91 Å². The summed E-state index contributed by atoms with van der Waals surface area (Å²) in [7, 11) is 1.55. The van der Waals surface area contributed by atoms with Crippen LogP contribution in [0.15, 0.2) is 65.8 Å². The summed E-state index contributed by atoms with van der Waals surface area (Å²) in [5, 5.41) is 5.15. The van der Waals surface area contributed by atoms with Gasteiger partial charge >= 0.3 is 0 Å². The number of nitrogens with zero attached hydrogens (tertiary/aromatic N) is 1. The summed E-state index contributed by atoms with van der Waals surface area (Å²) in [5.74, 6) is 1.33. The van der Waals surface area contributed by atoms with Gasteiger partial charge in [-0.15, -0.1) is 0 Å². The van der Waals surface area contributed by atoms with Crippen molar-refractivity contribution in [2.45, 2.75) is 13.5 Å². The Morgan fingerprint density at radius 3 is 2.62 bits per heavy atom. The molecule has 0 unspecified atom stereocenters. The van der Waals surface area contributed by atoms with E-state index in [2.05, 4.69) is 10.5 Å². The van der Waals surface area contributed by atoms with E-state index in [0.29, 0.717) is 46.1 Å². The molecule has 3 aromatic carbocycles. The highest BCUT2D eigenvalue weighted by Crippen LogP contribution is 2.28. The Morgan fingerprint density at radius 2 is 1.88 bits per heavy atom. The maximum Gasteiger partial charge on any atom is 0.271 e. The number of benzene rings is 3. The number of carbonyl (C=O) groups excluding carboxylic acids is 1. The fourth-order valence-electron chi connectivity index (χ4n) is 2.80. The van der Waals surface area contributed by atoms with Crippen molar-refractivity contribution in [2.24, 2.45) is 5.10 Å². The van der Waals surface area contributed by atoms with Gasteiger partial charge in [-0.1, -0.05) is 41.4 Å². The van der Waals surface area contributed by atoms with Gasteiger partial charge in [-0.3, -0.25) is 4.79 Å². The lowest BCUT2D eigenvalue weighted by molar-refractivity contribution is 0.0954. The van der Waals surface area contributed by atoms with Crippen molar-refractivity contribution in [3.63, 3.8) is 0 Å². The van der Waals surface area contributed by atoms with Crippen LogP contribution in [0.5, 0.6) is 17.2 Å². The third-order valence-corrected chi connectivity index (χ3v) is 4.96. The molecule has 0 atom stereocenters. The molecular weight excluding hydrogens is 451 g/mol. The predicted molar refractivity (Wildman–Crippen MR) is 126 cm³/mol. The molecule has 32 heavy (non-hydrogen) atoms. The minimum absolute atomic E-state index is 0.299. The molecule has 166 valence electrons. The number of hydrogen-bond acceptors (Lipinski definition) is 5. The number of amides is 1. The summed E-state index contributed by atoms with van der Waals surface area (Å²) >= 11 is 12.1. The number of halogens is 2. The van der Waals surface area contributed by atoms with Crippen LogP contribution in [0.25, 0.3) is 0 Å². The van der Waals surface area contributed by atoms with E-state index in [0.717, 1.165) is 11.1 Å². The average Bonchev–Trinajstić information content (AvgIpc) is 2.79. The summed E-state index contributed by atoms with van der Waals surface area (Å²) in [6.07, 6.45) is 1.53. The van der Waals surface area contributed by atoms with Crippen LogP contribution in [0.3, 0.4) is 0 Å². The van der Waals surface area contributed by atoms with Crippen molar-refractivity contribution in [3.05, 3.63) is 87.4 Å². The molecule has 0 spiro atoms. The first kappa shape index (κ1) is 23.4. The first-order chi connectivity index (χ1) is 15.5. The minimum atomic E-state index is -0.366. The molecule has 0 aliphatic carbocycles. The van der Waals surface area contributed by atoms with Crippen molar-refractivity contribution < 1.29 is 19.0 Å². The van der Waals surface area contributed by atoms with Gasteiger partial charge in [0.1, 0.15) is 12.4 Å². The van der Waals surface area contributed by atoms with Gasteiger partial charge in [0.05, 0.1) is 19.9 Å². The van der Waals surface area contributed by atoms with Crippen molar-refractivity contribution in [1.29, 1.82) is 0 Å². The molecule has 0 aromatic heterocycles. The normalized spacial score (nSPS) is 10.8. The van der Waals surface area contributed by atoms with Crippen LogP contribution >= 0.6 is 23.2 Å². The number of hydrazone groups is 1. The molecule has 0 fully saturated rings. The van der Waals surface area contributed by atoms with E-state index in [1.165, 1.54) is 6.21 Å². The van der Waals surface area contributed by atoms with Crippen molar-refractivity contribution >= 4 is 35.3 Å². The molecule has 0 heterocycles. The van der Waals surface area contributed by atoms with Gasteiger partial charge in [-0.25, -0.2) is 5.43 Å². The molecule has 0 aliphatic rings. The summed E-state index contributed by atoms with van der Waals surface area (Å²) in [4.78, 5) is 12.4. The monoisotopic (exact) mass is 472 g/mol. The van der Waals surface area contributed by atoms with Gasteiger partial charge in [0.15, 0.2) is 11.5 Å². The minimum Gasteiger partial charge on any atom is -0.493 e. The van der Waals surface area contributed by atoms with Crippen molar-refractivity contribution in [1.82, 2.24) is 5.43 Å². The molecule has 6 nitrogen and oxygen atoms in total. The van der Waals surface area contributed by atoms with Crippen LogP contribution < -0.4 is 19.6 Å². The molecule has 1 N–H and O–H groups in total. The van der Waals surface area contributed by atoms with Crippen molar-refractivity contribution in [3.8, 4) is 17.2 Å². The van der Waals surface area contributed by atoms with Crippen molar-refractivity contribution in [2.75, 3.05) is 13.7 Å². The molecule has 0 saturated heterocycles. The maximum atomic E-state index is 12.4. The van der Waals surface area contributed by atoms with E-state index in [1.54, 1.807) is 43.5 Å². The number of carbonyl (C=O) groups is 1. The molecule has 0 bridgehead atoms. The fourth-order valence-corrected chi connectivity index (χ4v) is 3.26.